The van der Waals surface area contributed by atoms with E-state index in [1.165, 1.54) is 7.11 Å². The normalized spacial score (nSPS) is 12.8. The van der Waals surface area contributed by atoms with Crippen LogP contribution in [0, 0.1) is 0 Å². The Kier molecular flexibility index (Phi) is 8.58. The third-order valence-electron chi connectivity index (χ3n) is 3.90. The van der Waals surface area contributed by atoms with E-state index in [4.69, 9.17) is 0 Å². The Balaban J connectivity index is 2.50. The fraction of sp³-hybridized carbons (Fsp3) is 0.474. The van der Waals surface area contributed by atoms with E-state index in [1.807, 2.05) is 37.5 Å². The van der Waals surface area contributed by atoms with Crippen molar-refractivity contribution in [3.63, 3.8) is 0 Å². The number of hydrogen-bond acceptors (Lipinski definition) is 5. The van der Waals surface area contributed by atoms with Crippen LogP contribution in [0.3, 0.4) is 0 Å². The van der Waals surface area contributed by atoms with Crippen LogP contribution in [0.4, 0.5) is 4.79 Å². The molecule has 0 radical (unpaired) electrons. The number of carbonyl (C=O) groups excluding carboxylic acids is 1. The second kappa shape index (κ2) is 10.2. The third kappa shape index (κ3) is 6.84. The zero-order valence-electron chi connectivity index (χ0n) is 15.2. The number of alkyl carbamates (subject to hydrolysis) is 1. The van der Waals surface area contributed by atoms with E-state index in [-0.39, 0.29) is 0 Å². The Labute approximate surface area is 154 Å². The predicted octanol–water partition coefficient (Wildman–Crippen LogP) is 3.76. The van der Waals surface area contributed by atoms with Crippen molar-refractivity contribution in [2.45, 2.75) is 44.6 Å². The number of nitrogens with one attached hydrogen (secondary N) is 1. The minimum atomic E-state index is -0.549. The molecule has 0 spiro atoms. The van der Waals surface area contributed by atoms with E-state index in [0.29, 0.717) is 19.4 Å². The molecule has 6 heteroatoms. The summed E-state index contributed by atoms with van der Waals surface area (Å²) in [7, 11) is 1.33. The van der Waals surface area contributed by atoms with Gasteiger partial charge in [0.15, 0.2) is 0 Å². The van der Waals surface area contributed by atoms with Gasteiger partial charge in [0.05, 0.1) is 18.9 Å². The van der Waals surface area contributed by atoms with Crippen molar-refractivity contribution < 1.29 is 14.6 Å². The maximum absolute atomic E-state index is 11.0. The quantitative estimate of drug-likeness (QED) is 0.490. The Morgan fingerprint density at radius 3 is 2.92 bits per heavy atom. The molecule has 138 valence electrons. The maximum atomic E-state index is 11.0. The molecule has 0 aliphatic rings. The standard InChI is InChI=1S/C19H28N2O3S/c1-6-8-15-13-25-17(21-15)19(3,4)16(22)10-7-9-14(2)11-12-20-18(23)24-5/h6-7,9,13,16,22H,1-2,8,10-12H2,3-5H3,(H,20,23)/b9-7-/t16-/m1/s1. The number of ether oxygens (including phenoxy) is 1. The van der Waals surface area contributed by atoms with Gasteiger partial charge in [-0.15, -0.1) is 17.9 Å². The zero-order valence-corrected chi connectivity index (χ0v) is 16.1. The summed E-state index contributed by atoms with van der Waals surface area (Å²) >= 11 is 1.57. The monoisotopic (exact) mass is 364 g/mol. The number of aliphatic hydroxyl groups is 1. The summed E-state index contributed by atoms with van der Waals surface area (Å²) in [5, 5.41) is 16.1. The van der Waals surface area contributed by atoms with Gasteiger partial charge in [-0.2, -0.15) is 0 Å². The van der Waals surface area contributed by atoms with Gasteiger partial charge < -0.3 is 15.2 Å². The first kappa shape index (κ1) is 21.1. The molecule has 25 heavy (non-hydrogen) atoms. The molecule has 1 rings (SSSR count). The molecule has 1 amide bonds. The van der Waals surface area contributed by atoms with Crippen LogP contribution in [0.5, 0.6) is 0 Å². The number of aromatic nitrogens is 1. The van der Waals surface area contributed by atoms with Crippen molar-refractivity contribution in [3.05, 3.63) is 53.0 Å². The molecule has 0 aromatic carbocycles. The van der Waals surface area contributed by atoms with E-state index in [0.717, 1.165) is 22.7 Å². The molecule has 1 atom stereocenters. The summed E-state index contributed by atoms with van der Waals surface area (Å²) < 4.78 is 4.50. The van der Waals surface area contributed by atoms with Gasteiger partial charge in [-0.25, -0.2) is 9.78 Å². The van der Waals surface area contributed by atoms with Crippen LogP contribution in [0.15, 0.2) is 42.3 Å². The highest BCUT2D eigenvalue weighted by Gasteiger charge is 2.32. The van der Waals surface area contributed by atoms with Gasteiger partial charge in [-0.1, -0.05) is 44.2 Å². The van der Waals surface area contributed by atoms with Gasteiger partial charge in [-0.3, -0.25) is 0 Å². The molecule has 0 saturated carbocycles. The van der Waals surface area contributed by atoms with Crippen LogP contribution in [0.2, 0.25) is 0 Å². The van der Waals surface area contributed by atoms with Crippen LogP contribution < -0.4 is 5.32 Å². The number of methoxy groups -OCH3 is 1. The number of nitrogens with zero attached hydrogens (tertiary/aromatic N) is 1. The van der Waals surface area contributed by atoms with E-state index in [9.17, 15) is 9.90 Å². The summed E-state index contributed by atoms with van der Waals surface area (Å²) in [5.74, 6) is 0. The van der Waals surface area contributed by atoms with Crippen LogP contribution >= 0.6 is 11.3 Å². The zero-order chi connectivity index (χ0) is 18.9. The van der Waals surface area contributed by atoms with Crippen LogP contribution in [-0.4, -0.2) is 35.9 Å². The molecule has 5 nitrogen and oxygen atoms in total. The van der Waals surface area contributed by atoms with Gasteiger partial charge in [0.25, 0.3) is 0 Å². The predicted molar refractivity (Wildman–Crippen MR) is 103 cm³/mol. The first-order valence-corrected chi connectivity index (χ1v) is 9.09. The SMILES string of the molecule is C=CCc1csc(C(C)(C)[C@H](O)C/C=C\C(=C)CCNC(=O)OC)n1. The van der Waals surface area contributed by atoms with Gasteiger partial charge in [-0.05, 0) is 12.8 Å². The highest BCUT2D eigenvalue weighted by atomic mass is 32.1. The third-order valence-corrected chi connectivity index (χ3v) is 5.13. The Morgan fingerprint density at radius 1 is 1.56 bits per heavy atom. The number of rotatable bonds is 10. The minimum Gasteiger partial charge on any atom is -0.453 e. The Morgan fingerprint density at radius 2 is 2.28 bits per heavy atom. The van der Waals surface area contributed by atoms with Crippen molar-refractivity contribution >= 4 is 17.4 Å². The van der Waals surface area contributed by atoms with Crippen molar-refractivity contribution in [1.82, 2.24) is 10.3 Å². The van der Waals surface area contributed by atoms with E-state index in [1.54, 1.807) is 11.3 Å². The van der Waals surface area contributed by atoms with E-state index >= 15 is 0 Å². The molecule has 0 fully saturated rings. The second-order valence-corrected chi connectivity index (χ2v) is 7.20. The lowest BCUT2D eigenvalue weighted by atomic mass is 9.85. The van der Waals surface area contributed by atoms with Crippen LogP contribution in [-0.2, 0) is 16.6 Å². The summed E-state index contributed by atoms with van der Waals surface area (Å²) in [4.78, 5) is 15.6. The average molecular weight is 365 g/mol. The highest BCUT2D eigenvalue weighted by Crippen LogP contribution is 2.31. The smallest absolute Gasteiger partial charge is 0.406 e. The molecule has 0 bridgehead atoms. The molecular weight excluding hydrogens is 336 g/mol. The molecule has 1 heterocycles. The minimum absolute atomic E-state index is 0.428. The molecule has 1 aromatic heterocycles. The van der Waals surface area contributed by atoms with Crippen LogP contribution in [0.1, 0.15) is 37.4 Å². The van der Waals surface area contributed by atoms with Gasteiger partial charge in [0, 0.05) is 23.8 Å². The summed E-state index contributed by atoms with van der Waals surface area (Å²) in [6.45, 7) is 12.1. The number of carbonyl (C=O) groups is 1. The lowest BCUT2D eigenvalue weighted by molar-refractivity contribution is 0.102. The first-order valence-electron chi connectivity index (χ1n) is 8.21. The summed E-state index contributed by atoms with van der Waals surface area (Å²) in [6.07, 6.45) is 6.48. The summed E-state index contributed by atoms with van der Waals surface area (Å²) in [5.41, 5.74) is 1.43. The number of allylic oxidation sites excluding steroid dienone is 2. The van der Waals surface area contributed by atoms with Crippen molar-refractivity contribution in [1.29, 1.82) is 0 Å². The molecule has 2 N–H and O–H groups in total. The number of hydrogen-bond donors (Lipinski definition) is 2. The maximum Gasteiger partial charge on any atom is 0.406 e. The van der Waals surface area contributed by atoms with Gasteiger partial charge in [0.1, 0.15) is 5.01 Å². The molecule has 0 aliphatic carbocycles. The van der Waals surface area contributed by atoms with Crippen molar-refractivity contribution in [2.24, 2.45) is 0 Å². The average Bonchev–Trinajstić information content (AvgIpc) is 3.04. The fourth-order valence-corrected chi connectivity index (χ4v) is 3.13. The molecule has 0 saturated heterocycles. The topological polar surface area (TPSA) is 71.5 Å². The van der Waals surface area contributed by atoms with Crippen molar-refractivity contribution in [2.75, 3.05) is 13.7 Å². The lowest BCUT2D eigenvalue weighted by Crippen LogP contribution is -2.33. The Hall–Kier alpha value is -1.92. The lowest BCUT2D eigenvalue weighted by Gasteiger charge is -2.27. The Bertz CT molecular complexity index is 620. The molecule has 0 aliphatic heterocycles. The van der Waals surface area contributed by atoms with Crippen LogP contribution in [0.25, 0.3) is 0 Å². The van der Waals surface area contributed by atoms with Gasteiger partial charge >= 0.3 is 6.09 Å². The first-order chi connectivity index (χ1) is 11.8. The largest absolute Gasteiger partial charge is 0.453 e. The fourth-order valence-electron chi connectivity index (χ4n) is 2.13. The van der Waals surface area contributed by atoms with Crippen molar-refractivity contribution in [3.8, 4) is 0 Å². The molecular formula is C19H28N2O3S. The number of amides is 1. The van der Waals surface area contributed by atoms with E-state index in [2.05, 4.69) is 28.2 Å². The summed E-state index contributed by atoms with van der Waals surface area (Å²) in [6, 6.07) is 0. The highest BCUT2D eigenvalue weighted by molar-refractivity contribution is 7.09. The number of aliphatic hydroxyl groups excluding tert-OH is 1. The second-order valence-electron chi connectivity index (χ2n) is 6.34. The van der Waals surface area contributed by atoms with Gasteiger partial charge in [0.2, 0.25) is 0 Å². The molecule has 0 unspecified atom stereocenters. The number of thiazole rings is 1. The molecule has 1 aromatic rings. The van der Waals surface area contributed by atoms with E-state index < -0.39 is 17.6 Å².